The maximum atomic E-state index is 14.2. The summed E-state index contributed by atoms with van der Waals surface area (Å²) in [6.07, 6.45) is 7.63. The number of amides is 1. The van der Waals surface area contributed by atoms with Crippen molar-refractivity contribution in [3.8, 4) is 5.88 Å². The molecule has 3 aromatic rings. The van der Waals surface area contributed by atoms with Crippen molar-refractivity contribution in [1.29, 1.82) is 0 Å². The lowest BCUT2D eigenvalue weighted by atomic mass is 9.75. The van der Waals surface area contributed by atoms with Crippen LogP contribution >= 0.6 is 0 Å². The van der Waals surface area contributed by atoms with E-state index in [4.69, 9.17) is 4.74 Å². The van der Waals surface area contributed by atoms with E-state index in [1.807, 2.05) is 6.07 Å². The predicted molar refractivity (Wildman–Crippen MR) is 119 cm³/mol. The molecule has 1 fully saturated rings. The Labute approximate surface area is 186 Å². The van der Waals surface area contributed by atoms with Gasteiger partial charge in [-0.25, -0.2) is 13.8 Å². The Morgan fingerprint density at radius 1 is 1.16 bits per heavy atom. The summed E-state index contributed by atoms with van der Waals surface area (Å²) in [5.74, 6) is -0.308. The first-order valence-electron chi connectivity index (χ1n) is 11.0. The number of benzene rings is 1. The summed E-state index contributed by atoms with van der Waals surface area (Å²) < 4.78 is 33.0. The summed E-state index contributed by atoms with van der Waals surface area (Å²) in [7, 11) is 1.54. The van der Waals surface area contributed by atoms with Crippen LogP contribution in [-0.4, -0.2) is 29.0 Å². The van der Waals surface area contributed by atoms with E-state index in [1.165, 1.54) is 19.4 Å². The number of carbonyl (C=O) groups is 1. The molecule has 1 aromatic carbocycles. The Morgan fingerprint density at radius 3 is 2.59 bits per heavy atom. The largest absolute Gasteiger partial charge is 0.481 e. The van der Waals surface area contributed by atoms with E-state index < -0.39 is 11.6 Å². The number of hydrogen-bond acceptors (Lipinski definition) is 4. The molecule has 4 rings (SSSR count). The van der Waals surface area contributed by atoms with E-state index >= 15 is 0 Å². The minimum absolute atomic E-state index is 0.0645. The van der Waals surface area contributed by atoms with Crippen LogP contribution < -0.4 is 10.1 Å². The van der Waals surface area contributed by atoms with Crippen molar-refractivity contribution < 1.29 is 18.3 Å². The summed E-state index contributed by atoms with van der Waals surface area (Å²) in [6, 6.07) is 7.58. The van der Waals surface area contributed by atoms with Crippen LogP contribution in [0.4, 0.5) is 8.78 Å². The van der Waals surface area contributed by atoms with Gasteiger partial charge in [-0.3, -0.25) is 9.78 Å². The molecule has 7 heteroatoms. The van der Waals surface area contributed by atoms with Crippen molar-refractivity contribution in [2.24, 2.45) is 5.92 Å². The predicted octanol–water partition coefficient (Wildman–Crippen LogP) is 5.40. The Morgan fingerprint density at radius 2 is 1.94 bits per heavy atom. The van der Waals surface area contributed by atoms with Crippen molar-refractivity contribution in [2.75, 3.05) is 7.11 Å². The Hall–Kier alpha value is -3.09. The Kier molecular flexibility index (Phi) is 6.63. The number of halogens is 2. The summed E-state index contributed by atoms with van der Waals surface area (Å²) in [5.41, 5.74) is 1.68. The van der Waals surface area contributed by atoms with Gasteiger partial charge in [0.1, 0.15) is 11.3 Å². The van der Waals surface area contributed by atoms with Crippen LogP contribution in [0.25, 0.3) is 10.9 Å². The van der Waals surface area contributed by atoms with Crippen LogP contribution in [0.5, 0.6) is 5.88 Å². The fourth-order valence-corrected chi connectivity index (χ4v) is 4.83. The number of ether oxygens (including phenoxy) is 1. The normalized spacial score (nSPS) is 19.5. The number of carbonyl (C=O) groups excluding carboxylic acids is 1. The summed E-state index contributed by atoms with van der Waals surface area (Å²) in [4.78, 5) is 20.9. The molecule has 1 aliphatic rings. The van der Waals surface area contributed by atoms with E-state index in [2.05, 4.69) is 22.2 Å². The maximum Gasteiger partial charge on any atom is 0.253 e. The first kappa shape index (κ1) is 22.1. The number of fused-ring (bicyclic) bond motifs is 1. The monoisotopic (exact) mass is 439 g/mol. The van der Waals surface area contributed by atoms with E-state index in [0.717, 1.165) is 43.7 Å². The quantitative estimate of drug-likeness (QED) is 0.559. The van der Waals surface area contributed by atoms with Gasteiger partial charge >= 0.3 is 0 Å². The van der Waals surface area contributed by atoms with Crippen LogP contribution in [0.2, 0.25) is 0 Å². The fourth-order valence-electron chi connectivity index (χ4n) is 4.83. The molecular weight excluding hydrogens is 412 g/mol. The van der Waals surface area contributed by atoms with Gasteiger partial charge in [0.2, 0.25) is 5.88 Å². The molecule has 1 atom stereocenters. The highest BCUT2D eigenvalue weighted by atomic mass is 19.1. The SMILES string of the molecule is CC[C@H](NC(=O)c1ccc(OC)nc1)[C@H]1CC[C@@H](c2ccnc3c(F)cc(F)cc32)CC1. The zero-order valence-corrected chi connectivity index (χ0v) is 18.3. The van der Waals surface area contributed by atoms with E-state index in [0.29, 0.717) is 22.7 Å². The third-order valence-electron chi connectivity index (χ3n) is 6.54. The second-order valence-electron chi connectivity index (χ2n) is 8.37. The van der Waals surface area contributed by atoms with Gasteiger partial charge in [0.25, 0.3) is 5.91 Å². The molecule has 1 amide bonds. The number of nitrogens with one attached hydrogen (secondary N) is 1. The molecule has 1 saturated carbocycles. The molecule has 32 heavy (non-hydrogen) atoms. The summed E-state index contributed by atoms with van der Waals surface area (Å²) in [6.45, 7) is 2.07. The van der Waals surface area contributed by atoms with Crippen molar-refractivity contribution in [2.45, 2.75) is 51.0 Å². The number of pyridine rings is 2. The molecule has 1 N–H and O–H groups in total. The second kappa shape index (κ2) is 9.59. The van der Waals surface area contributed by atoms with Gasteiger partial charge in [-0.05, 0) is 67.7 Å². The number of aromatic nitrogens is 2. The van der Waals surface area contributed by atoms with Crippen LogP contribution in [0.1, 0.15) is 60.9 Å². The van der Waals surface area contributed by atoms with E-state index in [9.17, 15) is 13.6 Å². The number of rotatable bonds is 6. The van der Waals surface area contributed by atoms with Gasteiger partial charge < -0.3 is 10.1 Å². The highest BCUT2D eigenvalue weighted by molar-refractivity contribution is 5.94. The highest BCUT2D eigenvalue weighted by Gasteiger charge is 2.29. The molecule has 0 saturated heterocycles. The van der Waals surface area contributed by atoms with Crippen molar-refractivity contribution in [3.63, 3.8) is 0 Å². The van der Waals surface area contributed by atoms with Crippen molar-refractivity contribution in [1.82, 2.24) is 15.3 Å². The van der Waals surface area contributed by atoms with Crippen molar-refractivity contribution >= 4 is 16.8 Å². The van der Waals surface area contributed by atoms with Crippen LogP contribution in [0.15, 0.2) is 42.7 Å². The van der Waals surface area contributed by atoms with Gasteiger partial charge in [0.05, 0.1) is 12.7 Å². The van der Waals surface area contributed by atoms with Gasteiger partial charge in [0.15, 0.2) is 5.82 Å². The maximum absolute atomic E-state index is 14.2. The standard InChI is InChI=1S/C25H27F2N3O2/c1-3-22(30-25(31)17-8-9-23(32-2)29-14-17)16-6-4-15(5-7-16)19-10-11-28-24-20(19)12-18(26)13-21(24)27/h8-16,22H,3-7H2,1-2H3,(H,30,31)/t15-,16+,22-/m0/s1. The third kappa shape index (κ3) is 4.56. The summed E-state index contributed by atoms with van der Waals surface area (Å²) >= 11 is 0. The van der Waals surface area contributed by atoms with Gasteiger partial charge in [-0.1, -0.05) is 6.92 Å². The molecule has 0 aliphatic heterocycles. The number of nitrogens with zero attached hydrogens (tertiary/aromatic N) is 2. The van der Waals surface area contributed by atoms with Gasteiger partial charge in [0, 0.05) is 36.0 Å². The molecule has 0 unspecified atom stereocenters. The average molecular weight is 440 g/mol. The van der Waals surface area contributed by atoms with Gasteiger partial charge in [-0.2, -0.15) is 0 Å². The topological polar surface area (TPSA) is 64.1 Å². The van der Waals surface area contributed by atoms with Crippen LogP contribution in [0, 0.1) is 17.6 Å². The molecule has 1 aliphatic carbocycles. The highest BCUT2D eigenvalue weighted by Crippen LogP contribution is 2.40. The zero-order valence-electron chi connectivity index (χ0n) is 18.3. The minimum Gasteiger partial charge on any atom is -0.481 e. The first-order chi connectivity index (χ1) is 15.5. The Bertz CT molecular complexity index is 1100. The van der Waals surface area contributed by atoms with Gasteiger partial charge in [-0.15, -0.1) is 0 Å². The zero-order chi connectivity index (χ0) is 22.7. The number of hydrogen-bond donors (Lipinski definition) is 1. The second-order valence-corrected chi connectivity index (χ2v) is 8.37. The molecule has 2 heterocycles. The third-order valence-corrected chi connectivity index (χ3v) is 6.54. The van der Waals surface area contributed by atoms with Crippen molar-refractivity contribution in [3.05, 3.63) is 65.5 Å². The number of methoxy groups -OCH3 is 1. The fraction of sp³-hybridized carbons (Fsp3) is 0.400. The lowest BCUT2D eigenvalue weighted by Gasteiger charge is -2.34. The molecule has 5 nitrogen and oxygen atoms in total. The molecule has 2 aromatic heterocycles. The van der Waals surface area contributed by atoms with Crippen LogP contribution in [0.3, 0.4) is 0 Å². The van der Waals surface area contributed by atoms with Crippen LogP contribution in [-0.2, 0) is 0 Å². The lowest BCUT2D eigenvalue weighted by Crippen LogP contribution is -2.41. The Balaban J connectivity index is 1.43. The molecule has 0 spiro atoms. The minimum atomic E-state index is -0.627. The first-order valence-corrected chi connectivity index (χ1v) is 11.0. The molecule has 0 bridgehead atoms. The summed E-state index contributed by atoms with van der Waals surface area (Å²) in [5, 5.41) is 3.72. The lowest BCUT2D eigenvalue weighted by molar-refractivity contribution is 0.0909. The smallest absolute Gasteiger partial charge is 0.253 e. The van der Waals surface area contributed by atoms with E-state index in [1.54, 1.807) is 18.3 Å². The molecule has 168 valence electrons. The average Bonchev–Trinajstić information content (AvgIpc) is 2.82. The van der Waals surface area contributed by atoms with E-state index in [-0.39, 0.29) is 23.4 Å². The molecular formula is C25H27F2N3O2. The molecule has 0 radical (unpaired) electrons.